The molecular formula is C16H20N4O2. The highest BCUT2D eigenvalue weighted by molar-refractivity contribution is 5.91. The van der Waals surface area contributed by atoms with E-state index in [0.29, 0.717) is 11.5 Å². The standard InChI is InChI=1S/C16H20N4O2/c1-17-16(21)14-8-9-15(20-19-14)18-10-4-6-12-5-3-7-13(11-12)22-2/h3,5,7-9,11H,4,6,10H2,1-2H3,(H,17,21)(H,18,20). The number of carbonyl (C=O) groups excluding carboxylic acids is 1. The van der Waals surface area contributed by atoms with Crippen molar-refractivity contribution < 1.29 is 9.53 Å². The van der Waals surface area contributed by atoms with Gasteiger partial charge in [-0.3, -0.25) is 4.79 Å². The van der Waals surface area contributed by atoms with Crippen molar-refractivity contribution in [1.82, 2.24) is 15.5 Å². The molecular weight excluding hydrogens is 280 g/mol. The number of nitrogens with zero attached hydrogens (tertiary/aromatic N) is 2. The zero-order valence-corrected chi connectivity index (χ0v) is 12.8. The summed E-state index contributed by atoms with van der Waals surface area (Å²) in [7, 11) is 3.23. The molecule has 0 bridgehead atoms. The number of aryl methyl sites for hydroxylation is 1. The number of aromatic nitrogens is 2. The summed E-state index contributed by atoms with van der Waals surface area (Å²) in [5.74, 6) is 1.30. The van der Waals surface area contributed by atoms with Gasteiger partial charge in [0, 0.05) is 13.6 Å². The van der Waals surface area contributed by atoms with Crippen molar-refractivity contribution in [1.29, 1.82) is 0 Å². The molecule has 6 heteroatoms. The summed E-state index contributed by atoms with van der Waals surface area (Å²) in [4.78, 5) is 11.4. The smallest absolute Gasteiger partial charge is 0.271 e. The molecule has 1 amide bonds. The minimum absolute atomic E-state index is 0.239. The van der Waals surface area contributed by atoms with Gasteiger partial charge in [0.2, 0.25) is 0 Å². The van der Waals surface area contributed by atoms with E-state index in [-0.39, 0.29) is 5.91 Å². The van der Waals surface area contributed by atoms with Gasteiger partial charge in [0.1, 0.15) is 11.6 Å². The molecule has 0 unspecified atom stereocenters. The number of hydrogen-bond acceptors (Lipinski definition) is 5. The second-order valence-corrected chi connectivity index (χ2v) is 4.76. The SMILES string of the molecule is CNC(=O)c1ccc(NCCCc2cccc(OC)c2)nn1. The average molecular weight is 300 g/mol. The van der Waals surface area contributed by atoms with E-state index in [4.69, 9.17) is 4.74 Å². The Labute approximate surface area is 129 Å². The fraction of sp³-hybridized carbons (Fsp3) is 0.312. The molecule has 0 aliphatic carbocycles. The fourth-order valence-corrected chi connectivity index (χ4v) is 2.01. The third-order valence-corrected chi connectivity index (χ3v) is 3.21. The lowest BCUT2D eigenvalue weighted by Gasteiger charge is -2.06. The lowest BCUT2D eigenvalue weighted by molar-refractivity contribution is 0.0957. The molecule has 2 N–H and O–H groups in total. The van der Waals surface area contributed by atoms with E-state index in [9.17, 15) is 4.79 Å². The zero-order valence-electron chi connectivity index (χ0n) is 12.8. The van der Waals surface area contributed by atoms with Gasteiger partial charge in [-0.25, -0.2) is 0 Å². The van der Waals surface area contributed by atoms with Gasteiger partial charge in [-0.05, 0) is 42.7 Å². The Kier molecular flexibility index (Phi) is 5.71. The van der Waals surface area contributed by atoms with E-state index in [1.807, 2.05) is 18.2 Å². The minimum atomic E-state index is -0.239. The van der Waals surface area contributed by atoms with Gasteiger partial charge >= 0.3 is 0 Å². The van der Waals surface area contributed by atoms with Crippen LogP contribution in [0.5, 0.6) is 5.75 Å². The molecule has 1 heterocycles. The van der Waals surface area contributed by atoms with Crippen LogP contribution in [0.15, 0.2) is 36.4 Å². The Morgan fingerprint density at radius 3 is 2.77 bits per heavy atom. The second-order valence-electron chi connectivity index (χ2n) is 4.76. The van der Waals surface area contributed by atoms with Gasteiger partial charge in [0.05, 0.1) is 7.11 Å². The highest BCUT2D eigenvalue weighted by Crippen LogP contribution is 2.14. The van der Waals surface area contributed by atoms with E-state index in [0.717, 1.165) is 25.1 Å². The summed E-state index contributed by atoms with van der Waals surface area (Å²) in [6.07, 6.45) is 1.92. The predicted octanol–water partition coefficient (Wildman–Crippen LogP) is 1.89. The largest absolute Gasteiger partial charge is 0.497 e. The molecule has 1 aromatic carbocycles. The third kappa shape index (κ3) is 4.44. The van der Waals surface area contributed by atoms with Gasteiger partial charge in [0.15, 0.2) is 5.69 Å². The molecule has 0 aliphatic rings. The number of ether oxygens (including phenoxy) is 1. The maximum Gasteiger partial charge on any atom is 0.271 e. The Morgan fingerprint density at radius 1 is 1.23 bits per heavy atom. The van der Waals surface area contributed by atoms with E-state index in [1.165, 1.54) is 5.56 Å². The van der Waals surface area contributed by atoms with Crippen LogP contribution in [0.4, 0.5) is 5.82 Å². The quantitative estimate of drug-likeness (QED) is 0.764. The summed E-state index contributed by atoms with van der Waals surface area (Å²) in [6, 6.07) is 11.5. The van der Waals surface area contributed by atoms with Crippen molar-refractivity contribution in [2.75, 3.05) is 26.0 Å². The lowest BCUT2D eigenvalue weighted by Crippen LogP contribution is -2.19. The summed E-state index contributed by atoms with van der Waals surface area (Å²) in [5.41, 5.74) is 1.55. The number of hydrogen-bond donors (Lipinski definition) is 2. The van der Waals surface area contributed by atoms with E-state index in [2.05, 4.69) is 26.9 Å². The first-order valence-electron chi connectivity index (χ1n) is 7.15. The molecule has 6 nitrogen and oxygen atoms in total. The van der Waals surface area contributed by atoms with Crippen LogP contribution in [0.2, 0.25) is 0 Å². The lowest BCUT2D eigenvalue weighted by atomic mass is 10.1. The molecule has 22 heavy (non-hydrogen) atoms. The van der Waals surface area contributed by atoms with E-state index in [1.54, 1.807) is 26.3 Å². The molecule has 2 rings (SSSR count). The summed E-state index contributed by atoms with van der Waals surface area (Å²) >= 11 is 0. The van der Waals surface area contributed by atoms with Crippen molar-refractivity contribution in [2.24, 2.45) is 0 Å². The van der Waals surface area contributed by atoms with Gasteiger partial charge < -0.3 is 15.4 Å². The van der Waals surface area contributed by atoms with Crippen LogP contribution in [0.25, 0.3) is 0 Å². The van der Waals surface area contributed by atoms with Crippen molar-refractivity contribution >= 4 is 11.7 Å². The molecule has 0 aliphatic heterocycles. The normalized spacial score (nSPS) is 10.1. The van der Waals surface area contributed by atoms with Crippen LogP contribution in [0, 0.1) is 0 Å². The zero-order chi connectivity index (χ0) is 15.8. The number of nitrogens with one attached hydrogen (secondary N) is 2. The Bertz CT molecular complexity index is 614. The van der Waals surface area contributed by atoms with Gasteiger partial charge in [-0.2, -0.15) is 0 Å². The molecule has 0 saturated heterocycles. The van der Waals surface area contributed by atoms with Crippen LogP contribution < -0.4 is 15.4 Å². The Hall–Kier alpha value is -2.63. The van der Waals surface area contributed by atoms with Crippen LogP contribution in [-0.2, 0) is 6.42 Å². The number of anilines is 1. The molecule has 0 atom stereocenters. The Balaban J connectivity index is 1.77. The first-order valence-corrected chi connectivity index (χ1v) is 7.15. The van der Waals surface area contributed by atoms with Crippen molar-refractivity contribution in [3.8, 4) is 5.75 Å². The molecule has 0 spiro atoms. The predicted molar refractivity (Wildman–Crippen MR) is 85.2 cm³/mol. The fourth-order valence-electron chi connectivity index (χ4n) is 2.01. The molecule has 0 fully saturated rings. The maximum atomic E-state index is 11.4. The molecule has 0 radical (unpaired) electrons. The summed E-state index contributed by atoms with van der Waals surface area (Å²) in [5, 5.41) is 13.5. The van der Waals surface area contributed by atoms with Crippen molar-refractivity contribution in [2.45, 2.75) is 12.8 Å². The highest BCUT2D eigenvalue weighted by Gasteiger charge is 2.05. The topological polar surface area (TPSA) is 76.1 Å². The molecule has 1 aromatic heterocycles. The van der Waals surface area contributed by atoms with Crippen LogP contribution >= 0.6 is 0 Å². The molecule has 2 aromatic rings. The number of benzene rings is 1. The van der Waals surface area contributed by atoms with Crippen LogP contribution in [0.1, 0.15) is 22.5 Å². The van der Waals surface area contributed by atoms with Gasteiger partial charge in [-0.1, -0.05) is 12.1 Å². The maximum absolute atomic E-state index is 11.4. The first kappa shape index (κ1) is 15.8. The third-order valence-electron chi connectivity index (χ3n) is 3.21. The summed E-state index contributed by atoms with van der Waals surface area (Å²) < 4.78 is 5.20. The van der Waals surface area contributed by atoms with Crippen LogP contribution in [0.3, 0.4) is 0 Å². The highest BCUT2D eigenvalue weighted by atomic mass is 16.5. The van der Waals surface area contributed by atoms with Crippen LogP contribution in [-0.4, -0.2) is 36.8 Å². The van der Waals surface area contributed by atoms with Gasteiger partial charge in [0.25, 0.3) is 5.91 Å². The van der Waals surface area contributed by atoms with Crippen molar-refractivity contribution in [3.63, 3.8) is 0 Å². The Morgan fingerprint density at radius 2 is 2.09 bits per heavy atom. The monoisotopic (exact) mass is 300 g/mol. The van der Waals surface area contributed by atoms with E-state index < -0.39 is 0 Å². The van der Waals surface area contributed by atoms with Crippen molar-refractivity contribution in [3.05, 3.63) is 47.7 Å². The second kappa shape index (κ2) is 7.97. The summed E-state index contributed by atoms with van der Waals surface area (Å²) in [6.45, 7) is 0.783. The number of methoxy groups -OCH3 is 1. The number of amides is 1. The molecule has 0 saturated carbocycles. The van der Waals surface area contributed by atoms with Gasteiger partial charge in [-0.15, -0.1) is 10.2 Å². The average Bonchev–Trinajstić information content (AvgIpc) is 2.58. The number of carbonyl (C=O) groups is 1. The molecule has 116 valence electrons. The minimum Gasteiger partial charge on any atom is -0.497 e. The first-order chi connectivity index (χ1) is 10.7. The van der Waals surface area contributed by atoms with E-state index >= 15 is 0 Å². The number of rotatable bonds is 7.